The van der Waals surface area contributed by atoms with Crippen LogP contribution in [0.25, 0.3) is 16.3 Å². The molecule has 0 saturated heterocycles. The zero-order valence-corrected chi connectivity index (χ0v) is 15.0. The Kier molecular flexibility index (Phi) is 4.73. The summed E-state index contributed by atoms with van der Waals surface area (Å²) in [5.41, 5.74) is 1.37. The van der Waals surface area contributed by atoms with Crippen molar-refractivity contribution in [1.29, 1.82) is 0 Å². The summed E-state index contributed by atoms with van der Waals surface area (Å²) in [5, 5.41) is 11.8. The predicted octanol–water partition coefficient (Wildman–Crippen LogP) is 3.06. The summed E-state index contributed by atoms with van der Waals surface area (Å²) in [5.74, 6) is -1.35. The molecule has 3 rings (SSSR count). The molecule has 0 fully saturated rings. The van der Waals surface area contributed by atoms with Gasteiger partial charge in [-0.1, -0.05) is 36.9 Å². The highest BCUT2D eigenvalue weighted by atomic mass is 32.1. The molecule has 132 valence electrons. The van der Waals surface area contributed by atoms with E-state index < -0.39 is 23.0 Å². The molecule has 1 aromatic carbocycles. The number of thiophene rings is 1. The third kappa shape index (κ3) is 2.93. The van der Waals surface area contributed by atoms with Crippen LogP contribution < -0.4 is 5.56 Å². The van der Waals surface area contributed by atoms with Gasteiger partial charge in [0.05, 0.1) is 12.0 Å². The van der Waals surface area contributed by atoms with Crippen molar-refractivity contribution in [2.24, 2.45) is 7.05 Å². The van der Waals surface area contributed by atoms with Gasteiger partial charge in [0.2, 0.25) is 5.75 Å². The van der Waals surface area contributed by atoms with Crippen LogP contribution in [-0.2, 0) is 11.8 Å². The standard InChI is InChI=1S/C19H16N2O4S/c1-11(12-7-5-4-6-8-12)13-9-10-26-16(13)17-20-14(19(24)25-3)15(22)18(23)21(17)2/h4-10,22H,1H2,2-3H3. The fourth-order valence-corrected chi connectivity index (χ4v) is 3.49. The number of hydrogen-bond donors (Lipinski definition) is 1. The van der Waals surface area contributed by atoms with E-state index in [1.54, 1.807) is 0 Å². The molecule has 2 aromatic heterocycles. The van der Waals surface area contributed by atoms with Crippen LogP contribution in [-0.4, -0.2) is 27.7 Å². The van der Waals surface area contributed by atoms with Crippen molar-refractivity contribution in [2.75, 3.05) is 7.11 Å². The first-order chi connectivity index (χ1) is 12.5. The highest BCUT2D eigenvalue weighted by molar-refractivity contribution is 7.13. The number of methoxy groups -OCH3 is 1. The van der Waals surface area contributed by atoms with E-state index in [0.717, 1.165) is 23.8 Å². The summed E-state index contributed by atoms with van der Waals surface area (Å²) < 4.78 is 5.81. The molecule has 7 heteroatoms. The maximum absolute atomic E-state index is 12.3. The predicted molar refractivity (Wildman–Crippen MR) is 100 cm³/mol. The SMILES string of the molecule is C=C(c1ccccc1)c1ccsc1-c1nc(C(=O)OC)c(O)c(=O)n1C. The Labute approximate surface area is 153 Å². The molecular weight excluding hydrogens is 352 g/mol. The molecule has 0 amide bonds. The number of ether oxygens (including phenoxy) is 1. The lowest BCUT2D eigenvalue weighted by molar-refractivity contribution is 0.0589. The smallest absolute Gasteiger partial charge is 0.360 e. The summed E-state index contributed by atoms with van der Waals surface area (Å²) >= 11 is 1.37. The Balaban J connectivity index is 2.19. The number of esters is 1. The minimum absolute atomic E-state index is 0.260. The summed E-state index contributed by atoms with van der Waals surface area (Å²) in [6, 6.07) is 11.5. The Morgan fingerprint density at radius 3 is 2.62 bits per heavy atom. The highest BCUT2D eigenvalue weighted by Gasteiger charge is 2.23. The molecule has 3 aromatic rings. The molecule has 0 aliphatic heterocycles. The fourth-order valence-electron chi connectivity index (χ4n) is 2.55. The molecule has 0 aliphatic carbocycles. The topological polar surface area (TPSA) is 81.4 Å². The number of carbonyl (C=O) groups excluding carboxylic acids is 1. The minimum atomic E-state index is -0.874. The molecule has 1 N–H and O–H groups in total. The molecule has 0 spiro atoms. The van der Waals surface area contributed by atoms with E-state index in [-0.39, 0.29) is 5.82 Å². The summed E-state index contributed by atoms with van der Waals surface area (Å²) in [4.78, 5) is 29.0. The molecule has 26 heavy (non-hydrogen) atoms. The van der Waals surface area contributed by atoms with E-state index in [9.17, 15) is 14.7 Å². The summed E-state index contributed by atoms with van der Waals surface area (Å²) in [6.45, 7) is 4.15. The average Bonchev–Trinajstić information content (AvgIpc) is 3.15. The summed E-state index contributed by atoms with van der Waals surface area (Å²) in [7, 11) is 2.65. The number of carbonyl (C=O) groups is 1. The van der Waals surface area contributed by atoms with Crippen molar-refractivity contribution in [1.82, 2.24) is 9.55 Å². The average molecular weight is 368 g/mol. The highest BCUT2D eigenvalue weighted by Crippen LogP contribution is 2.35. The van der Waals surface area contributed by atoms with Crippen LogP contribution in [0.3, 0.4) is 0 Å². The lowest BCUT2D eigenvalue weighted by atomic mass is 10.00. The minimum Gasteiger partial charge on any atom is -0.501 e. The van der Waals surface area contributed by atoms with Gasteiger partial charge in [0.1, 0.15) is 0 Å². The van der Waals surface area contributed by atoms with Gasteiger partial charge in [0, 0.05) is 12.6 Å². The molecule has 0 saturated carbocycles. The van der Waals surface area contributed by atoms with Crippen molar-refractivity contribution >= 4 is 22.9 Å². The Morgan fingerprint density at radius 1 is 1.27 bits per heavy atom. The van der Waals surface area contributed by atoms with Crippen LogP contribution in [0, 0.1) is 0 Å². The van der Waals surface area contributed by atoms with Gasteiger partial charge in [-0.3, -0.25) is 9.36 Å². The first-order valence-electron chi connectivity index (χ1n) is 7.66. The van der Waals surface area contributed by atoms with Gasteiger partial charge in [0.15, 0.2) is 11.5 Å². The molecule has 0 bridgehead atoms. The van der Waals surface area contributed by atoms with Gasteiger partial charge in [-0.05, 0) is 22.6 Å². The first kappa shape index (κ1) is 17.6. The van der Waals surface area contributed by atoms with E-state index in [4.69, 9.17) is 0 Å². The maximum Gasteiger partial charge on any atom is 0.360 e. The zero-order chi connectivity index (χ0) is 18.8. The Bertz CT molecular complexity index is 1050. The van der Waals surface area contributed by atoms with Gasteiger partial charge in [-0.15, -0.1) is 11.3 Å². The second-order valence-corrected chi connectivity index (χ2v) is 6.41. The molecule has 0 radical (unpaired) electrons. The molecular formula is C19H16N2O4S. The van der Waals surface area contributed by atoms with Gasteiger partial charge in [0.25, 0.3) is 5.56 Å². The van der Waals surface area contributed by atoms with E-state index in [2.05, 4.69) is 16.3 Å². The largest absolute Gasteiger partial charge is 0.501 e. The van der Waals surface area contributed by atoms with Crippen LogP contribution in [0.15, 0.2) is 53.2 Å². The van der Waals surface area contributed by atoms with Crippen LogP contribution in [0.2, 0.25) is 0 Å². The van der Waals surface area contributed by atoms with Gasteiger partial charge < -0.3 is 9.84 Å². The van der Waals surface area contributed by atoms with E-state index in [0.29, 0.717) is 4.88 Å². The van der Waals surface area contributed by atoms with Crippen LogP contribution >= 0.6 is 11.3 Å². The third-order valence-electron chi connectivity index (χ3n) is 3.96. The lowest BCUT2D eigenvalue weighted by Gasteiger charge is -2.12. The summed E-state index contributed by atoms with van der Waals surface area (Å²) in [6.07, 6.45) is 0. The third-order valence-corrected chi connectivity index (χ3v) is 4.87. The molecule has 2 heterocycles. The first-order valence-corrected chi connectivity index (χ1v) is 8.54. The Hall–Kier alpha value is -3.19. The van der Waals surface area contributed by atoms with Crippen molar-refractivity contribution in [3.05, 3.63) is 75.5 Å². The van der Waals surface area contributed by atoms with Gasteiger partial charge in [-0.2, -0.15) is 0 Å². The van der Waals surface area contributed by atoms with Crippen molar-refractivity contribution in [3.8, 4) is 16.5 Å². The van der Waals surface area contributed by atoms with Crippen molar-refractivity contribution < 1.29 is 14.6 Å². The number of aromatic nitrogens is 2. The number of rotatable bonds is 4. The quantitative estimate of drug-likeness (QED) is 0.716. The molecule has 0 atom stereocenters. The monoisotopic (exact) mass is 368 g/mol. The lowest BCUT2D eigenvalue weighted by Crippen LogP contribution is -2.23. The normalized spacial score (nSPS) is 10.5. The fraction of sp³-hybridized carbons (Fsp3) is 0.105. The number of aromatic hydroxyl groups is 1. The molecule has 0 aliphatic rings. The van der Waals surface area contributed by atoms with E-state index >= 15 is 0 Å². The van der Waals surface area contributed by atoms with Crippen molar-refractivity contribution in [2.45, 2.75) is 0 Å². The Morgan fingerprint density at radius 2 is 1.96 bits per heavy atom. The van der Waals surface area contributed by atoms with Crippen LogP contribution in [0.1, 0.15) is 21.6 Å². The van der Waals surface area contributed by atoms with E-state index in [1.807, 2.05) is 41.8 Å². The molecule has 6 nitrogen and oxygen atoms in total. The van der Waals surface area contributed by atoms with Crippen molar-refractivity contribution in [3.63, 3.8) is 0 Å². The zero-order valence-electron chi connectivity index (χ0n) is 14.2. The van der Waals surface area contributed by atoms with E-state index in [1.165, 1.54) is 23.0 Å². The number of nitrogens with zero attached hydrogens (tertiary/aromatic N) is 2. The van der Waals surface area contributed by atoms with Gasteiger partial charge >= 0.3 is 5.97 Å². The van der Waals surface area contributed by atoms with Crippen LogP contribution in [0.4, 0.5) is 0 Å². The second kappa shape index (κ2) is 6.97. The second-order valence-electron chi connectivity index (χ2n) is 5.50. The van der Waals surface area contributed by atoms with Crippen LogP contribution in [0.5, 0.6) is 5.75 Å². The number of hydrogen-bond acceptors (Lipinski definition) is 6. The molecule has 0 unspecified atom stereocenters. The number of benzene rings is 1. The maximum atomic E-state index is 12.3. The van der Waals surface area contributed by atoms with Gasteiger partial charge in [-0.25, -0.2) is 9.78 Å².